The van der Waals surface area contributed by atoms with Gasteiger partial charge in [0.15, 0.2) is 0 Å². The van der Waals surface area contributed by atoms with Crippen LogP contribution in [0.15, 0.2) is 18.3 Å². The molecule has 0 spiro atoms. The van der Waals surface area contributed by atoms with E-state index in [1.54, 1.807) is 6.20 Å². The number of anilines is 1. The Bertz CT molecular complexity index is 451. The molecule has 0 aromatic carbocycles. The van der Waals surface area contributed by atoms with Crippen molar-refractivity contribution in [1.29, 1.82) is 5.41 Å². The number of nitrogens with zero attached hydrogens (tertiary/aromatic N) is 4. The molecule has 0 atom stereocenters. The molecule has 1 saturated heterocycles. The molecule has 2 heterocycles. The lowest BCUT2D eigenvalue weighted by molar-refractivity contribution is 0.229. The van der Waals surface area contributed by atoms with Crippen molar-refractivity contribution in [3.63, 3.8) is 0 Å². The lowest BCUT2D eigenvalue weighted by Gasteiger charge is -2.36. The molecule has 0 amide bonds. The number of hydrogen-bond donors (Lipinski definition) is 2. The average molecular weight is 276 g/mol. The van der Waals surface area contributed by atoms with E-state index in [4.69, 9.17) is 11.1 Å². The van der Waals surface area contributed by atoms with Crippen molar-refractivity contribution in [2.24, 2.45) is 5.73 Å². The van der Waals surface area contributed by atoms with Crippen LogP contribution in [0.5, 0.6) is 0 Å². The van der Waals surface area contributed by atoms with E-state index in [0.717, 1.165) is 45.0 Å². The fourth-order valence-electron chi connectivity index (χ4n) is 2.33. The quantitative estimate of drug-likeness (QED) is 0.587. The number of pyridine rings is 1. The van der Waals surface area contributed by atoms with Gasteiger partial charge in [0, 0.05) is 51.2 Å². The Morgan fingerprint density at radius 1 is 1.35 bits per heavy atom. The second-order valence-electron chi connectivity index (χ2n) is 5.44. The molecule has 6 heteroatoms. The summed E-state index contributed by atoms with van der Waals surface area (Å²) in [5.74, 6) is 0.0245. The molecule has 1 aliphatic heterocycles. The summed E-state index contributed by atoms with van der Waals surface area (Å²) >= 11 is 0. The Kier molecular flexibility index (Phi) is 4.92. The molecule has 6 nitrogen and oxygen atoms in total. The molecule has 1 aromatic heterocycles. The molecule has 0 aliphatic carbocycles. The van der Waals surface area contributed by atoms with Crippen molar-refractivity contribution >= 4 is 11.5 Å². The van der Waals surface area contributed by atoms with Gasteiger partial charge in [0.05, 0.1) is 0 Å². The highest BCUT2D eigenvalue weighted by atomic mass is 15.3. The molecule has 110 valence electrons. The number of nitrogen functional groups attached to an aromatic ring is 1. The number of likely N-dealkylation sites (N-methyl/N-ethyl adjacent to an activating group) is 1. The van der Waals surface area contributed by atoms with Crippen molar-refractivity contribution in [3.8, 4) is 0 Å². The van der Waals surface area contributed by atoms with Crippen LogP contribution in [-0.2, 0) is 0 Å². The number of amidine groups is 1. The first kappa shape index (κ1) is 14.7. The molecule has 20 heavy (non-hydrogen) atoms. The summed E-state index contributed by atoms with van der Waals surface area (Å²) in [5.41, 5.74) is 7.15. The summed E-state index contributed by atoms with van der Waals surface area (Å²) in [7, 11) is 4.22. The van der Waals surface area contributed by atoms with Gasteiger partial charge in [-0.3, -0.25) is 15.3 Å². The van der Waals surface area contributed by atoms with Crippen molar-refractivity contribution < 1.29 is 0 Å². The van der Waals surface area contributed by atoms with E-state index in [1.165, 1.54) is 0 Å². The zero-order valence-electron chi connectivity index (χ0n) is 12.3. The lowest BCUT2D eigenvalue weighted by Crippen LogP contribution is -2.48. The highest BCUT2D eigenvalue weighted by Crippen LogP contribution is 2.16. The topological polar surface area (TPSA) is 72.5 Å². The SMILES string of the molecule is CN(C)CCN1CCN(c2ccnc(C(=N)N)c2)CC1. The predicted molar refractivity (Wildman–Crippen MR) is 82.5 cm³/mol. The van der Waals surface area contributed by atoms with Gasteiger partial charge >= 0.3 is 0 Å². The maximum absolute atomic E-state index is 7.46. The molecule has 0 radical (unpaired) electrons. The van der Waals surface area contributed by atoms with Gasteiger partial charge in [-0.05, 0) is 26.2 Å². The molecular weight excluding hydrogens is 252 g/mol. The summed E-state index contributed by atoms with van der Waals surface area (Å²) in [5, 5.41) is 7.46. The van der Waals surface area contributed by atoms with Crippen LogP contribution in [0.2, 0.25) is 0 Å². The summed E-state index contributed by atoms with van der Waals surface area (Å²) in [6.07, 6.45) is 1.73. The third-order valence-electron chi connectivity index (χ3n) is 3.62. The van der Waals surface area contributed by atoms with E-state index >= 15 is 0 Å². The molecular formula is C14H24N6. The van der Waals surface area contributed by atoms with E-state index in [0.29, 0.717) is 5.69 Å². The molecule has 1 aromatic rings. The Hall–Kier alpha value is -1.66. The predicted octanol–water partition coefficient (Wildman–Crippen LogP) is 0.0493. The van der Waals surface area contributed by atoms with Gasteiger partial charge in [-0.2, -0.15) is 0 Å². The number of hydrogen-bond acceptors (Lipinski definition) is 5. The van der Waals surface area contributed by atoms with Crippen LogP contribution in [0.1, 0.15) is 5.69 Å². The fraction of sp³-hybridized carbons (Fsp3) is 0.571. The van der Waals surface area contributed by atoms with Gasteiger partial charge in [0.1, 0.15) is 11.5 Å². The molecule has 2 rings (SSSR count). The molecule has 3 N–H and O–H groups in total. The Morgan fingerprint density at radius 3 is 2.65 bits per heavy atom. The van der Waals surface area contributed by atoms with Gasteiger partial charge in [-0.25, -0.2) is 0 Å². The highest BCUT2D eigenvalue weighted by Gasteiger charge is 2.17. The number of piperazine rings is 1. The van der Waals surface area contributed by atoms with Crippen molar-refractivity contribution in [2.45, 2.75) is 0 Å². The summed E-state index contributed by atoms with van der Waals surface area (Å²) in [6.45, 7) is 6.39. The number of nitrogens with one attached hydrogen (secondary N) is 1. The van der Waals surface area contributed by atoms with Gasteiger partial charge in [0.2, 0.25) is 0 Å². The van der Waals surface area contributed by atoms with Crippen LogP contribution >= 0.6 is 0 Å². The lowest BCUT2D eigenvalue weighted by atomic mass is 10.2. The average Bonchev–Trinajstić information content (AvgIpc) is 2.46. The van der Waals surface area contributed by atoms with E-state index in [-0.39, 0.29) is 5.84 Å². The second-order valence-corrected chi connectivity index (χ2v) is 5.44. The van der Waals surface area contributed by atoms with E-state index in [9.17, 15) is 0 Å². The smallest absolute Gasteiger partial charge is 0.141 e. The van der Waals surface area contributed by atoms with Crippen molar-refractivity contribution in [1.82, 2.24) is 14.8 Å². The normalized spacial score (nSPS) is 16.6. The molecule has 1 aliphatic rings. The van der Waals surface area contributed by atoms with E-state index in [2.05, 4.69) is 33.8 Å². The Balaban J connectivity index is 1.90. The number of rotatable bonds is 5. The first-order valence-electron chi connectivity index (χ1n) is 6.99. The summed E-state index contributed by atoms with van der Waals surface area (Å²) < 4.78 is 0. The molecule has 1 fully saturated rings. The van der Waals surface area contributed by atoms with E-state index in [1.807, 2.05) is 12.1 Å². The first-order valence-corrected chi connectivity index (χ1v) is 6.99. The van der Waals surface area contributed by atoms with Crippen LogP contribution in [0.3, 0.4) is 0 Å². The van der Waals surface area contributed by atoms with Crippen LogP contribution in [0.25, 0.3) is 0 Å². The minimum Gasteiger partial charge on any atom is -0.382 e. The standard InChI is InChI=1S/C14H24N6/c1-18(2)5-6-19-7-9-20(10-8-19)12-3-4-17-13(11-12)14(15)16/h3-4,11H,5-10H2,1-2H3,(H3,15,16). The van der Waals surface area contributed by atoms with Crippen LogP contribution in [0.4, 0.5) is 5.69 Å². The minimum atomic E-state index is 0.0245. The number of aromatic nitrogens is 1. The third kappa shape index (κ3) is 3.91. The Morgan fingerprint density at radius 2 is 2.05 bits per heavy atom. The van der Waals surface area contributed by atoms with Gasteiger partial charge in [0.25, 0.3) is 0 Å². The molecule has 0 saturated carbocycles. The summed E-state index contributed by atoms with van der Waals surface area (Å²) in [6, 6.07) is 3.89. The van der Waals surface area contributed by atoms with Crippen LogP contribution in [0, 0.1) is 5.41 Å². The van der Waals surface area contributed by atoms with Gasteiger partial charge < -0.3 is 15.5 Å². The fourth-order valence-corrected chi connectivity index (χ4v) is 2.33. The highest BCUT2D eigenvalue weighted by molar-refractivity contribution is 5.93. The largest absolute Gasteiger partial charge is 0.382 e. The maximum Gasteiger partial charge on any atom is 0.141 e. The maximum atomic E-state index is 7.46. The van der Waals surface area contributed by atoms with Crippen molar-refractivity contribution in [3.05, 3.63) is 24.0 Å². The van der Waals surface area contributed by atoms with Crippen molar-refractivity contribution in [2.75, 3.05) is 58.3 Å². The first-order chi connectivity index (χ1) is 9.56. The zero-order chi connectivity index (χ0) is 14.5. The van der Waals surface area contributed by atoms with Gasteiger partial charge in [-0.15, -0.1) is 0 Å². The zero-order valence-corrected chi connectivity index (χ0v) is 12.3. The van der Waals surface area contributed by atoms with Gasteiger partial charge in [-0.1, -0.05) is 0 Å². The third-order valence-corrected chi connectivity index (χ3v) is 3.62. The summed E-state index contributed by atoms with van der Waals surface area (Å²) in [4.78, 5) is 11.1. The second kappa shape index (κ2) is 6.67. The molecule has 0 bridgehead atoms. The molecule has 0 unspecified atom stereocenters. The van der Waals surface area contributed by atoms with Crippen LogP contribution in [-0.4, -0.2) is 74.0 Å². The Labute approximate surface area is 120 Å². The number of nitrogens with two attached hydrogens (primary N) is 1. The van der Waals surface area contributed by atoms with Crippen LogP contribution < -0.4 is 10.6 Å². The minimum absolute atomic E-state index is 0.0245. The monoisotopic (exact) mass is 276 g/mol. The van der Waals surface area contributed by atoms with E-state index < -0.39 is 0 Å².